The number of amides is 1. The molecular weight excluding hydrogens is 734 g/mol. The van der Waals surface area contributed by atoms with Crippen LogP contribution in [-0.2, 0) is 38.3 Å². The van der Waals surface area contributed by atoms with Gasteiger partial charge < -0.3 is 39.6 Å². The minimum absolute atomic E-state index is 0.0288. The molecule has 0 aromatic heterocycles. The van der Waals surface area contributed by atoms with E-state index in [2.05, 4.69) is 19.2 Å². The topological polar surface area (TPSA) is 179 Å². The molecule has 0 saturated carbocycles. The number of hydrogen-bond acceptors (Lipinski definition) is 11. The number of aliphatic hydroxyl groups excluding tert-OH is 1. The number of rotatable bonds is 14. The second-order valence-corrected chi connectivity index (χ2v) is 18.2. The van der Waals surface area contributed by atoms with Gasteiger partial charge in [-0.1, -0.05) is 67.5 Å². The van der Waals surface area contributed by atoms with E-state index in [4.69, 9.17) is 28.7 Å². The third kappa shape index (κ3) is 10.6. The number of carboxylic acid groups (broad SMARTS) is 1. The zero-order valence-corrected chi connectivity index (χ0v) is 36.5. The van der Waals surface area contributed by atoms with Crippen molar-refractivity contribution in [3.8, 4) is 0 Å². The van der Waals surface area contributed by atoms with Gasteiger partial charge in [-0.2, -0.15) is 4.89 Å². The fourth-order valence-corrected chi connectivity index (χ4v) is 10.1. The van der Waals surface area contributed by atoms with E-state index >= 15 is 0 Å². The van der Waals surface area contributed by atoms with Crippen molar-refractivity contribution in [3.63, 3.8) is 0 Å². The van der Waals surface area contributed by atoms with Crippen LogP contribution in [0.1, 0.15) is 140 Å². The lowest BCUT2D eigenvalue weighted by atomic mass is 9.74. The summed E-state index contributed by atoms with van der Waals surface area (Å²) in [6, 6.07) is -0.824. The number of hydrogen-bond donors (Lipinski definition) is 4. The van der Waals surface area contributed by atoms with Crippen LogP contribution in [0.15, 0.2) is 12.2 Å². The molecule has 57 heavy (non-hydrogen) atoms. The van der Waals surface area contributed by atoms with Gasteiger partial charge in [-0.25, -0.2) is 9.68 Å². The molecule has 1 amide bonds. The Labute approximate surface area is 341 Å². The Morgan fingerprint density at radius 3 is 2.18 bits per heavy atom. The van der Waals surface area contributed by atoms with Crippen LogP contribution in [-0.4, -0.2) is 99.4 Å². The lowest BCUT2D eigenvalue weighted by Gasteiger charge is -2.47. The summed E-state index contributed by atoms with van der Waals surface area (Å²) < 4.78 is 25.2. The average Bonchev–Trinajstić information content (AvgIpc) is 3.53. The number of ether oxygens (including phenoxy) is 4. The number of Topliss-reactive ketones (excluding diaryl/α,β-unsaturated/α-hetero) is 1. The molecule has 1 spiro atoms. The summed E-state index contributed by atoms with van der Waals surface area (Å²) >= 11 is 0. The van der Waals surface area contributed by atoms with E-state index in [1.165, 1.54) is 0 Å². The first-order chi connectivity index (χ1) is 26.8. The van der Waals surface area contributed by atoms with Gasteiger partial charge in [-0.15, -0.1) is 0 Å². The number of ketones is 1. The first kappa shape index (κ1) is 47.5. The molecule has 13 nitrogen and oxygen atoms in total. The largest absolute Gasteiger partial charge is 0.481 e. The number of nitrogens with one attached hydrogen (secondary N) is 1. The number of carboxylic acids is 1. The van der Waals surface area contributed by atoms with Gasteiger partial charge in [0.15, 0.2) is 0 Å². The van der Waals surface area contributed by atoms with E-state index < -0.39 is 89.3 Å². The maximum absolute atomic E-state index is 14.6. The molecule has 3 fully saturated rings. The highest BCUT2D eigenvalue weighted by Gasteiger charge is 2.59. The maximum Gasteiger partial charge on any atom is 0.407 e. The fraction of sp³-hybridized carbons (Fsp3) is 0.886. The molecule has 4 N–H and O–H groups in total. The summed E-state index contributed by atoms with van der Waals surface area (Å²) in [4.78, 5) is 52.6. The number of alkyl carbamates (subject to hydrolysis) is 1. The molecule has 0 bridgehead atoms. The van der Waals surface area contributed by atoms with Crippen molar-refractivity contribution in [2.75, 3.05) is 6.61 Å². The third-order valence-corrected chi connectivity index (χ3v) is 14.1. The zero-order valence-electron chi connectivity index (χ0n) is 36.5. The molecule has 328 valence electrons. The summed E-state index contributed by atoms with van der Waals surface area (Å²) in [6.07, 6.45) is 5.32. The van der Waals surface area contributed by atoms with E-state index in [1.807, 2.05) is 60.6 Å². The Bertz CT molecular complexity index is 1380. The zero-order chi connectivity index (χ0) is 42.5. The molecule has 0 aromatic rings. The van der Waals surface area contributed by atoms with E-state index in [-0.39, 0.29) is 36.2 Å². The highest BCUT2D eigenvalue weighted by molar-refractivity contribution is 5.84. The van der Waals surface area contributed by atoms with E-state index in [0.717, 1.165) is 6.42 Å². The Hall–Kier alpha value is -2.13. The van der Waals surface area contributed by atoms with Crippen molar-refractivity contribution in [1.82, 2.24) is 5.32 Å². The SMILES string of the molecule is CCOC(=O)N[C@@H]1/C=C\[C@H](C)C[C@H](C)[C@@H]([C@@H](CC)C(=O)[C@@H](C)[C@@H](O)[C@H](C)[C@@H]2O[C@@H]([C@@H](CC)C(=O)O)CC[C@@H]2C)OO[C@@]12CC[C@@](C)([C@H]1CC[C@](O)(CC)[C@H](C)O1)O2. The number of aliphatic hydroxyl groups is 2. The van der Waals surface area contributed by atoms with Crippen molar-refractivity contribution in [2.24, 2.45) is 41.4 Å². The predicted molar refractivity (Wildman–Crippen MR) is 214 cm³/mol. The Balaban J connectivity index is 1.61. The van der Waals surface area contributed by atoms with Gasteiger partial charge in [-0.3, -0.25) is 9.59 Å². The second kappa shape index (κ2) is 20.0. The fourth-order valence-electron chi connectivity index (χ4n) is 10.1. The first-order valence-corrected chi connectivity index (χ1v) is 21.9. The van der Waals surface area contributed by atoms with Crippen LogP contribution in [0.5, 0.6) is 0 Å². The standard InChI is InChI=1S/C44H75NO12/c1-12-31(40(48)49)33-18-17-26(6)38(54-33)29(9)36(46)28(8)37(47)32(13-2)39-27(7)24-25(5)16-19-34(45-41(50)52-15-4)44(57-55-39)23-22-42(11,56-44)35-20-21-43(51,14-3)30(10)53-35/h16,19,25-36,38-39,46,51H,12-15,17-18,20-24H2,1-11H3,(H,45,50)(H,48,49)/b19-16-/t25-,26-,27-,28-,29-,30-,31+,32-,33+,34+,35+,36+,38+,39-,42-,43+,44-/m0/s1. The Kier molecular flexibility index (Phi) is 16.6. The van der Waals surface area contributed by atoms with Crippen LogP contribution >= 0.6 is 0 Å². The molecule has 0 unspecified atom stereocenters. The minimum atomic E-state index is -1.52. The van der Waals surface area contributed by atoms with Crippen molar-refractivity contribution < 1.29 is 58.4 Å². The van der Waals surface area contributed by atoms with Crippen LogP contribution < -0.4 is 5.32 Å². The third-order valence-electron chi connectivity index (χ3n) is 14.1. The monoisotopic (exact) mass is 810 g/mol. The van der Waals surface area contributed by atoms with Gasteiger partial charge >= 0.3 is 12.1 Å². The van der Waals surface area contributed by atoms with Crippen LogP contribution in [0.3, 0.4) is 0 Å². The first-order valence-electron chi connectivity index (χ1n) is 21.9. The van der Waals surface area contributed by atoms with Gasteiger partial charge in [0.1, 0.15) is 17.9 Å². The number of aliphatic carboxylic acids is 1. The van der Waals surface area contributed by atoms with Crippen molar-refractivity contribution in [2.45, 2.75) is 200 Å². The number of allylic oxidation sites excluding steroid dienone is 1. The predicted octanol–water partition coefficient (Wildman–Crippen LogP) is 7.15. The van der Waals surface area contributed by atoms with Crippen LogP contribution in [0.2, 0.25) is 0 Å². The molecule has 3 saturated heterocycles. The highest BCUT2D eigenvalue weighted by Crippen LogP contribution is 2.49. The Morgan fingerprint density at radius 2 is 1.58 bits per heavy atom. The van der Waals surface area contributed by atoms with Gasteiger partial charge in [0.25, 0.3) is 0 Å². The molecule has 0 aliphatic carbocycles. The maximum atomic E-state index is 14.6. The highest BCUT2D eigenvalue weighted by atomic mass is 17.2. The van der Waals surface area contributed by atoms with Gasteiger partial charge in [0.05, 0.1) is 54.2 Å². The van der Waals surface area contributed by atoms with E-state index in [1.54, 1.807) is 13.8 Å². The lowest BCUT2D eigenvalue weighted by molar-refractivity contribution is -0.460. The number of carbonyl (C=O) groups excluding carboxylic acids is 2. The molecule has 0 aromatic carbocycles. The lowest BCUT2D eigenvalue weighted by Crippen LogP contribution is -2.58. The number of carbonyl (C=O) groups is 3. The summed E-state index contributed by atoms with van der Waals surface area (Å²) in [5.41, 5.74) is -1.79. The summed E-state index contributed by atoms with van der Waals surface area (Å²) in [5, 5.41) is 35.7. The quantitative estimate of drug-likeness (QED) is 0.103. The molecule has 17 atom stereocenters. The van der Waals surface area contributed by atoms with Crippen molar-refractivity contribution >= 4 is 17.8 Å². The molecule has 4 heterocycles. The molecule has 4 rings (SSSR count). The van der Waals surface area contributed by atoms with Crippen molar-refractivity contribution in [1.29, 1.82) is 0 Å². The van der Waals surface area contributed by atoms with Crippen LogP contribution in [0, 0.1) is 41.4 Å². The molecular formula is C44H75NO12. The smallest absolute Gasteiger partial charge is 0.407 e. The minimum Gasteiger partial charge on any atom is -0.481 e. The summed E-state index contributed by atoms with van der Waals surface area (Å²) in [5.74, 6) is -5.11. The van der Waals surface area contributed by atoms with Crippen LogP contribution in [0.25, 0.3) is 0 Å². The van der Waals surface area contributed by atoms with Gasteiger partial charge in [-0.05, 0) is 96.3 Å². The van der Waals surface area contributed by atoms with Crippen molar-refractivity contribution in [3.05, 3.63) is 12.2 Å². The molecule has 4 aliphatic rings. The average molecular weight is 810 g/mol. The molecule has 13 heteroatoms. The summed E-state index contributed by atoms with van der Waals surface area (Å²) in [6.45, 7) is 21.3. The van der Waals surface area contributed by atoms with E-state index in [0.29, 0.717) is 57.8 Å². The Morgan fingerprint density at radius 1 is 0.895 bits per heavy atom. The van der Waals surface area contributed by atoms with E-state index in [9.17, 15) is 29.7 Å². The molecule has 4 aliphatic heterocycles. The normalized spacial score (nSPS) is 41.0. The molecule has 0 radical (unpaired) electrons. The van der Waals surface area contributed by atoms with Gasteiger partial charge in [0, 0.05) is 24.2 Å². The van der Waals surface area contributed by atoms with Crippen LogP contribution in [0.4, 0.5) is 4.79 Å². The second-order valence-electron chi connectivity index (χ2n) is 18.2. The van der Waals surface area contributed by atoms with Gasteiger partial charge in [0.2, 0.25) is 5.79 Å². The summed E-state index contributed by atoms with van der Waals surface area (Å²) in [7, 11) is 0.